The number of carboxylic acids is 1. The van der Waals surface area contributed by atoms with Gasteiger partial charge in [-0.3, -0.25) is 4.79 Å². The summed E-state index contributed by atoms with van der Waals surface area (Å²) in [6.45, 7) is 0. The molecule has 0 unspecified atom stereocenters. The lowest BCUT2D eigenvalue weighted by Crippen LogP contribution is -1.98. The Labute approximate surface area is 126 Å². The molecule has 0 aliphatic rings. The number of benzene rings is 2. The molecule has 0 atom stereocenters. The van der Waals surface area contributed by atoms with E-state index < -0.39 is 5.97 Å². The third kappa shape index (κ3) is 1.97. The topological polar surface area (TPSA) is 68.9 Å². The van der Waals surface area contributed by atoms with E-state index >= 15 is 0 Å². The molecule has 2 aromatic carbocycles. The molecule has 0 radical (unpaired) electrons. The molecule has 4 heteroatoms. The van der Waals surface area contributed by atoms with Gasteiger partial charge in [0.25, 0.3) is 0 Å². The molecule has 0 fully saturated rings. The minimum Gasteiger partial charge on any atom is -0.481 e. The first-order valence-electron chi connectivity index (χ1n) is 7.10. The highest BCUT2D eigenvalue weighted by Gasteiger charge is 2.10. The fraction of sp³-hybridized carbons (Fsp3) is 0.0556. The largest absolute Gasteiger partial charge is 0.481 e. The average molecular weight is 290 g/mol. The smallest absolute Gasteiger partial charge is 0.307 e. The zero-order valence-electron chi connectivity index (χ0n) is 11.8. The molecule has 4 rings (SSSR count). The van der Waals surface area contributed by atoms with E-state index in [1.54, 1.807) is 6.20 Å². The van der Waals surface area contributed by atoms with Crippen molar-refractivity contribution in [2.45, 2.75) is 6.42 Å². The molecule has 2 aromatic heterocycles. The van der Waals surface area contributed by atoms with Crippen molar-refractivity contribution in [2.75, 3.05) is 0 Å². The SMILES string of the molecule is O=C(O)Cc1c[nH]c2cc(-c3c[nH]c4ccccc34)ccc12. The number of hydrogen-bond donors (Lipinski definition) is 3. The number of nitrogens with one attached hydrogen (secondary N) is 2. The van der Waals surface area contributed by atoms with Crippen molar-refractivity contribution in [3.8, 4) is 11.1 Å². The van der Waals surface area contributed by atoms with Gasteiger partial charge in [-0.2, -0.15) is 0 Å². The molecule has 0 aliphatic carbocycles. The van der Waals surface area contributed by atoms with E-state index in [1.807, 2.05) is 30.5 Å². The summed E-state index contributed by atoms with van der Waals surface area (Å²) in [6.07, 6.45) is 3.82. The lowest BCUT2D eigenvalue weighted by molar-refractivity contribution is -0.136. The molecular formula is C18H14N2O2. The molecule has 0 amide bonds. The molecule has 108 valence electrons. The van der Waals surface area contributed by atoms with Crippen LogP contribution in [0.1, 0.15) is 5.56 Å². The zero-order valence-corrected chi connectivity index (χ0v) is 11.8. The monoisotopic (exact) mass is 290 g/mol. The Hall–Kier alpha value is -3.01. The maximum Gasteiger partial charge on any atom is 0.307 e. The number of carbonyl (C=O) groups is 1. The van der Waals surface area contributed by atoms with Crippen LogP contribution in [0.2, 0.25) is 0 Å². The third-order valence-corrected chi connectivity index (χ3v) is 4.01. The van der Waals surface area contributed by atoms with E-state index in [9.17, 15) is 4.79 Å². The van der Waals surface area contributed by atoms with Gasteiger partial charge in [0.15, 0.2) is 0 Å². The van der Waals surface area contributed by atoms with Crippen molar-refractivity contribution in [1.82, 2.24) is 9.97 Å². The summed E-state index contributed by atoms with van der Waals surface area (Å²) >= 11 is 0. The Morgan fingerprint density at radius 2 is 1.77 bits per heavy atom. The molecule has 4 nitrogen and oxygen atoms in total. The molecule has 22 heavy (non-hydrogen) atoms. The van der Waals surface area contributed by atoms with Crippen molar-refractivity contribution < 1.29 is 9.90 Å². The number of carboxylic acid groups (broad SMARTS) is 1. The molecule has 0 spiro atoms. The molecule has 2 heterocycles. The van der Waals surface area contributed by atoms with Crippen molar-refractivity contribution in [3.63, 3.8) is 0 Å². The van der Waals surface area contributed by atoms with Gasteiger partial charge in [-0.15, -0.1) is 0 Å². The summed E-state index contributed by atoms with van der Waals surface area (Å²) in [7, 11) is 0. The number of aliphatic carboxylic acids is 1. The van der Waals surface area contributed by atoms with Gasteiger partial charge in [-0.25, -0.2) is 0 Å². The summed E-state index contributed by atoms with van der Waals surface area (Å²) < 4.78 is 0. The van der Waals surface area contributed by atoms with Crippen molar-refractivity contribution in [3.05, 3.63) is 60.4 Å². The van der Waals surface area contributed by atoms with Crippen LogP contribution in [-0.4, -0.2) is 21.0 Å². The summed E-state index contributed by atoms with van der Waals surface area (Å²) in [4.78, 5) is 17.3. The summed E-state index contributed by atoms with van der Waals surface area (Å²) in [6, 6.07) is 14.3. The Balaban J connectivity index is 1.85. The van der Waals surface area contributed by atoms with Gasteiger partial charge in [0.05, 0.1) is 6.42 Å². The highest BCUT2D eigenvalue weighted by Crippen LogP contribution is 2.31. The number of aromatic amines is 2. The highest BCUT2D eigenvalue weighted by atomic mass is 16.4. The van der Waals surface area contributed by atoms with E-state index in [-0.39, 0.29) is 6.42 Å². The Morgan fingerprint density at radius 1 is 0.955 bits per heavy atom. The second-order valence-corrected chi connectivity index (χ2v) is 5.39. The number of hydrogen-bond acceptors (Lipinski definition) is 1. The summed E-state index contributed by atoms with van der Waals surface area (Å²) in [5.41, 5.74) is 5.13. The van der Waals surface area contributed by atoms with E-state index in [0.717, 1.165) is 33.1 Å². The quantitative estimate of drug-likeness (QED) is 0.535. The number of rotatable bonds is 3. The minimum atomic E-state index is -0.818. The van der Waals surface area contributed by atoms with Crippen LogP contribution < -0.4 is 0 Å². The van der Waals surface area contributed by atoms with E-state index in [1.165, 1.54) is 5.39 Å². The predicted molar refractivity (Wildman–Crippen MR) is 86.9 cm³/mol. The maximum absolute atomic E-state index is 10.9. The Morgan fingerprint density at radius 3 is 2.64 bits per heavy atom. The summed E-state index contributed by atoms with van der Waals surface area (Å²) in [5, 5.41) is 11.1. The van der Waals surface area contributed by atoms with Crippen LogP contribution >= 0.6 is 0 Å². The number of para-hydroxylation sites is 1. The first-order chi connectivity index (χ1) is 10.7. The molecule has 0 saturated heterocycles. The molecule has 4 aromatic rings. The van der Waals surface area contributed by atoms with Gasteiger partial charge >= 0.3 is 5.97 Å². The van der Waals surface area contributed by atoms with E-state index in [4.69, 9.17) is 5.11 Å². The van der Waals surface area contributed by atoms with Crippen LogP contribution in [0.3, 0.4) is 0 Å². The third-order valence-electron chi connectivity index (χ3n) is 4.01. The zero-order chi connectivity index (χ0) is 15.1. The maximum atomic E-state index is 10.9. The average Bonchev–Trinajstić information content (AvgIpc) is 3.11. The Bertz CT molecular complexity index is 995. The highest BCUT2D eigenvalue weighted by molar-refractivity contribution is 5.98. The van der Waals surface area contributed by atoms with E-state index in [2.05, 4.69) is 28.2 Å². The van der Waals surface area contributed by atoms with Gasteiger partial charge in [-0.1, -0.05) is 30.3 Å². The van der Waals surface area contributed by atoms with Crippen LogP contribution in [0.5, 0.6) is 0 Å². The van der Waals surface area contributed by atoms with Crippen molar-refractivity contribution in [2.24, 2.45) is 0 Å². The van der Waals surface area contributed by atoms with Crippen LogP contribution in [-0.2, 0) is 11.2 Å². The summed E-state index contributed by atoms with van der Waals surface area (Å²) in [5.74, 6) is -0.818. The Kier molecular flexibility index (Phi) is 2.76. The molecule has 0 saturated carbocycles. The molecule has 3 N–H and O–H groups in total. The van der Waals surface area contributed by atoms with Crippen LogP contribution in [0, 0.1) is 0 Å². The molecule has 0 bridgehead atoms. The van der Waals surface area contributed by atoms with Crippen molar-refractivity contribution in [1.29, 1.82) is 0 Å². The first kappa shape index (κ1) is 12.7. The van der Waals surface area contributed by atoms with Gasteiger partial charge in [0.2, 0.25) is 0 Å². The molecule has 0 aliphatic heterocycles. The fourth-order valence-corrected chi connectivity index (χ4v) is 2.97. The molecular weight excluding hydrogens is 276 g/mol. The van der Waals surface area contributed by atoms with Gasteiger partial charge in [0.1, 0.15) is 0 Å². The number of H-pyrrole nitrogens is 2. The van der Waals surface area contributed by atoms with E-state index in [0.29, 0.717) is 0 Å². The number of fused-ring (bicyclic) bond motifs is 2. The first-order valence-corrected chi connectivity index (χ1v) is 7.10. The second kappa shape index (κ2) is 4.77. The van der Waals surface area contributed by atoms with Gasteiger partial charge < -0.3 is 15.1 Å². The number of aromatic nitrogens is 2. The lowest BCUT2D eigenvalue weighted by atomic mass is 10.0. The standard InChI is InChI=1S/C18H14N2O2/c21-18(22)8-12-9-19-17-7-11(5-6-13(12)17)15-10-20-16-4-2-1-3-14(15)16/h1-7,9-10,19-20H,8H2,(H,21,22). The minimum absolute atomic E-state index is 0.0342. The van der Waals surface area contributed by atoms with Crippen molar-refractivity contribution >= 4 is 27.8 Å². The van der Waals surface area contributed by atoms with Crippen LogP contribution in [0.15, 0.2) is 54.9 Å². The van der Waals surface area contributed by atoms with Gasteiger partial charge in [-0.05, 0) is 23.3 Å². The predicted octanol–water partition coefficient (Wildman–Crippen LogP) is 3.94. The normalized spacial score (nSPS) is 11.3. The van der Waals surface area contributed by atoms with Crippen LogP contribution in [0.4, 0.5) is 0 Å². The fourth-order valence-electron chi connectivity index (χ4n) is 2.97. The lowest BCUT2D eigenvalue weighted by Gasteiger charge is -2.01. The van der Waals surface area contributed by atoms with Crippen LogP contribution in [0.25, 0.3) is 32.9 Å². The second-order valence-electron chi connectivity index (χ2n) is 5.39. The van der Waals surface area contributed by atoms with Gasteiger partial charge in [0, 0.05) is 39.8 Å².